The highest BCUT2D eigenvalue weighted by atomic mass is 35.5. The van der Waals surface area contributed by atoms with Crippen molar-refractivity contribution in [2.75, 3.05) is 5.73 Å². The van der Waals surface area contributed by atoms with Gasteiger partial charge in [-0.2, -0.15) is 0 Å². The van der Waals surface area contributed by atoms with Crippen molar-refractivity contribution in [1.82, 2.24) is 5.32 Å². The fourth-order valence-corrected chi connectivity index (χ4v) is 1.97. The number of halogens is 1. The number of benzene rings is 1. The second-order valence-electron chi connectivity index (χ2n) is 4.53. The second-order valence-corrected chi connectivity index (χ2v) is 4.96. The quantitative estimate of drug-likeness (QED) is 0.338. The molecule has 0 aromatic heterocycles. The zero-order valence-electron chi connectivity index (χ0n) is 11.4. The molecule has 0 atom stereocenters. The van der Waals surface area contributed by atoms with Gasteiger partial charge in [-0.15, -0.1) is 0 Å². The van der Waals surface area contributed by atoms with Gasteiger partial charge in [0.1, 0.15) is 0 Å². The number of ketones is 1. The minimum Gasteiger partial charge on any atom is -0.479 e. The first kappa shape index (κ1) is 17.4. The Labute approximate surface area is 129 Å². The molecule has 0 spiro atoms. The Morgan fingerprint density at radius 1 is 1.23 bits per heavy atom. The lowest BCUT2D eigenvalue weighted by molar-refractivity contribution is -0.161. The van der Waals surface area contributed by atoms with Crippen molar-refractivity contribution in [3.8, 4) is 0 Å². The highest BCUT2D eigenvalue weighted by Gasteiger charge is 2.49. The van der Waals surface area contributed by atoms with Crippen LogP contribution < -0.4 is 11.1 Å². The lowest BCUT2D eigenvalue weighted by Gasteiger charge is -2.25. The van der Waals surface area contributed by atoms with E-state index in [1.807, 2.05) is 0 Å². The Balaban J connectivity index is 3.26. The topological polar surface area (TPSA) is 147 Å². The number of hydrogen-bond donors (Lipinski definition) is 4. The third-order valence-electron chi connectivity index (χ3n) is 2.86. The maximum atomic E-state index is 12.2. The zero-order chi connectivity index (χ0) is 17.1. The van der Waals surface area contributed by atoms with E-state index in [4.69, 9.17) is 27.5 Å². The maximum Gasteiger partial charge on any atom is 0.341 e. The van der Waals surface area contributed by atoms with E-state index in [1.54, 1.807) is 5.32 Å². The van der Waals surface area contributed by atoms with Crippen LogP contribution in [0.2, 0.25) is 5.02 Å². The number of hydrogen-bond acceptors (Lipinski definition) is 5. The summed E-state index contributed by atoms with van der Waals surface area (Å²) in [6, 6.07) is 3.95. The summed E-state index contributed by atoms with van der Waals surface area (Å²) in [5.41, 5.74) is 2.72. The molecule has 0 aliphatic heterocycles. The molecular formula is C13H13ClN2O6. The molecule has 22 heavy (non-hydrogen) atoms. The fraction of sp³-hybridized carbons (Fsp3) is 0.231. The van der Waals surface area contributed by atoms with Crippen LogP contribution in [-0.2, 0) is 14.4 Å². The Bertz CT molecular complexity index is 644. The molecule has 8 nitrogen and oxygen atoms in total. The molecule has 0 heterocycles. The van der Waals surface area contributed by atoms with Gasteiger partial charge in [-0.1, -0.05) is 11.6 Å². The predicted octanol–water partition coefficient (Wildman–Crippen LogP) is 0.539. The van der Waals surface area contributed by atoms with Crippen LogP contribution in [0.5, 0.6) is 0 Å². The molecule has 5 N–H and O–H groups in total. The third-order valence-corrected chi connectivity index (χ3v) is 3.10. The van der Waals surface area contributed by atoms with Gasteiger partial charge in [0, 0.05) is 23.2 Å². The van der Waals surface area contributed by atoms with Crippen molar-refractivity contribution < 1.29 is 29.4 Å². The predicted molar refractivity (Wildman–Crippen MR) is 76.6 cm³/mol. The van der Waals surface area contributed by atoms with Crippen molar-refractivity contribution >= 4 is 40.9 Å². The highest BCUT2D eigenvalue weighted by molar-refractivity contribution is 6.31. The SMILES string of the molecule is CC(=O)NC(CC(=O)c1cc(Cl)ccc1N)(C(=O)O)C(=O)O. The van der Waals surface area contributed by atoms with Crippen LogP contribution >= 0.6 is 11.6 Å². The Morgan fingerprint density at radius 3 is 2.23 bits per heavy atom. The number of carboxylic acids is 2. The summed E-state index contributed by atoms with van der Waals surface area (Å²) in [5.74, 6) is -5.52. The summed E-state index contributed by atoms with van der Waals surface area (Å²) < 4.78 is 0. The summed E-state index contributed by atoms with van der Waals surface area (Å²) in [6.07, 6.45) is -1.01. The lowest BCUT2D eigenvalue weighted by atomic mass is 9.89. The summed E-state index contributed by atoms with van der Waals surface area (Å²) >= 11 is 5.73. The first-order valence-electron chi connectivity index (χ1n) is 5.94. The molecule has 0 fully saturated rings. The van der Waals surface area contributed by atoms with Gasteiger partial charge in [0.2, 0.25) is 11.4 Å². The minimum absolute atomic E-state index is 0.0157. The number of nitrogen functional groups attached to an aromatic ring is 1. The van der Waals surface area contributed by atoms with Gasteiger partial charge in [0.25, 0.3) is 0 Å². The van der Waals surface area contributed by atoms with E-state index in [-0.39, 0.29) is 16.3 Å². The summed E-state index contributed by atoms with van der Waals surface area (Å²) in [4.78, 5) is 45.9. The van der Waals surface area contributed by atoms with Crippen LogP contribution in [0.4, 0.5) is 5.69 Å². The number of nitrogens with one attached hydrogen (secondary N) is 1. The van der Waals surface area contributed by atoms with Crippen molar-refractivity contribution in [2.24, 2.45) is 0 Å². The molecule has 1 aromatic rings. The van der Waals surface area contributed by atoms with Crippen LogP contribution in [0.1, 0.15) is 23.7 Å². The zero-order valence-corrected chi connectivity index (χ0v) is 12.2. The first-order valence-corrected chi connectivity index (χ1v) is 6.31. The normalized spacial score (nSPS) is 10.8. The van der Waals surface area contributed by atoms with Crippen molar-refractivity contribution in [3.63, 3.8) is 0 Å². The van der Waals surface area contributed by atoms with Crippen LogP contribution in [0.15, 0.2) is 18.2 Å². The van der Waals surface area contributed by atoms with Gasteiger partial charge in [-0.25, -0.2) is 9.59 Å². The first-order chi connectivity index (χ1) is 10.1. The number of rotatable bonds is 6. The van der Waals surface area contributed by atoms with Crippen molar-refractivity contribution in [2.45, 2.75) is 18.9 Å². The van der Waals surface area contributed by atoms with E-state index < -0.39 is 35.6 Å². The number of Topliss-reactive ketones (excluding diaryl/α,β-unsaturated/α-hetero) is 1. The summed E-state index contributed by atoms with van der Waals surface area (Å²) in [5, 5.41) is 20.3. The number of nitrogens with two attached hydrogens (primary N) is 1. The van der Waals surface area contributed by atoms with Crippen molar-refractivity contribution in [1.29, 1.82) is 0 Å². The molecule has 1 amide bonds. The highest BCUT2D eigenvalue weighted by Crippen LogP contribution is 2.23. The summed E-state index contributed by atoms with van der Waals surface area (Å²) in [7, 11) is 0. The molecule has 0 saturated heterocycles. The lowest BCUT2D eigenvalue weighted by Crippen LogP contribution is -2.60. The third kappa shape index (κ3) is 3.53. The van der Waals surface area contributed by atoms with Gasteiger partial charge in [0.15, 0.2) is 5.78 Å². The Kier molecular flexibility index (Phi) is 5.10. The number of carbonyl (C=O) groups is 4. The Hall–Kier alpha value is -2.61. The van der Waals surface area contributed by atoms with E-state index in [0.29, 0.717) is 0 Å². The van der Waals surface area contributed by atoms with E-state index >= 15 is 0 Å². The van der Waals surface area contributed by atoms with E-state index in [2.05, 4.69) is 0 Å². The maximum absolute atomic E-state index is 12.2. The molecule has 0 aliphatic rings. The average molecular weight is 329 g/mol. The van der Waals surface area contributed by atoms with Crippen LogP contribution in [-0.4, -0.2) is 39.4 Å². The van der Waals surface area contributed by atoms with Gasteiger partial charge >= 0.3 is 11.9 Å². The molecule has 0 saturated carbocycles. The van der Waals surface area contributed by atoms with E-state index in [0.717, 1.165) is 6.92 Å². The molecule has 9 heteroatoms. The smallest absolute Gasteiger partial charge is 0.341 e. The molecule has 0 bridgehead atoms. The number of carbonyl (C=O) groups excluding carboxylic acids is 2. The van der Waals surface area contributed by atoms with Gasteiger partial charge in [-0.05, 0) is 18.2 Å². The Morgan fingerprint density at radius 2 is 1.77 bits per heavy atom. The molecule has 0 aliphatic carbocycles. The standard InChI is InChI=1S/C13H13ClN2O6/c1-6(17)16-13(11(19)20,12(21)22)5-10(18)8-4-7(14)2-3-9(8)15/h2-4H,5,15H2,1H3,(H,16,17)(H,19,20)(H,21,22). The molecular weight excluding hydrogens is 316 g/mol. The van der Waals surface area contributed by atoms with Gasteiger partial charge < -0.3 is 21.3 Å². The van der Waals surface area contributed by atoms with Gasteiger partial charge in [-0.3, -0.25) is 9.59 Å². The molecule has 0 unspecified atom stereocenters. The minimum atomic E-state index is -2.78. The van der Waals surface area contributed by atoms with E-state index in [9.17, 15) is 19.2 Å². The number of anilines is 1. The van der Waals surface area contributed by atoms with Crippen LogP contribution in [0.3, 0.4) is 0 Å². The van der Waals surface area contributed by atoms with Crippen molar-refractivity contribution in [3.05, 3.63) is 28.8 Å². The second kappa shape index (κ2) is 6.44. The van der Waals surface area contributed by atoms with Gasteiger partial charge in [0.05, 0.1) is 6.42 Å². The summed E-state index contributed by atoms with van der Waals surface area (Å²) in [6.45, 7) is 0.943. The number of carboxylic acid groups (broad SMARTS) is 2. The van der Waals surface area contributed by atoms with Crippen LogP contribution in [0, 0.1) is 0 Å². The number of aliphatic carboxylic acids is 2. The average Bonchev–Trinajstić information content (AvgIpc) is 2.39. The molecule has 1 rings (SSSR count). The van der Waals surface area contributed by atoms with Crippen LogP contribution in [0.25, 0.3) is 0 Å². The number of amides is 1. The van der Waals surface area contributed by atoms with E-state index in [1.165, 1.54) is 18.2 Å². The molecule has 0 radical (unpaired) electrons. The monoisotopic (exact) mass is 328 g/mol. The molecule has 118 valence electrons. The fourth-order valence-electron chi connectivity index (χ4n) is 1.80. The molecule has 1 aromatic carbocycles. The largest absolute Gasteiger partial charge is 0.479 e.